The van der Waals surface area contributed by atoms with Gasteiger partial charge in [0, 0.05) is 13.1 Å². The fraction of sp³-hybridized carbons (Fsp3) is 0.409. The molecule has 2 aromatic rings. The second kappa shape index (κ2) is 10.1. The van der Waals surface area contributed by atoms with E-state index in [-0.39, 0.29) is 18.1 Å². The highest BCUT2D eigenvalue weighted by Gasteiger charge is 2.35. The number of alkyl halides is 3. The fourth-order valence-corrected chi connectivity index (χ4v) is 3.65. The van der Waals surface area contributed by atoms with Crippen molar-refractivity contribution in [3.05, 3.63) is 65.7 Å². The van der Waals surface area contributed by atoms with E-state index in [9.17, 15) is 28.2 Å². The summed E-state index contributed by atoms with van der Waals surface area (Å²) in [6.07, 6.45) is -4.44. The summed E-state index contributed by atoms with van der Waals surface area (Å²) in [5.74, 6) is -0.744. The number of halogens is 3. The lowest BCUT2D eigenvalue weighted by atomic mass is 9.98. The monoisotopic (exact) mass is 438 g/mol. The number of nitrogens with one attached hydrogen (secondary N) is 1. The third-order valence-corrected chi connectivity index (χ3v) is 5.22. The zero-order valence-corrected chi connectivity index (χ0v) is 16.8. The zero-order valence-electron chi connectivity index (χ0n) is 16.8. The second-order valence-electron chi connectivity index (χ2n) is 7.38. The number of benzene rings is 2. The van der Waals surface area contributed by atoms with Gasteiger partial charge in [0.2, 0.25) is 5.91 Å². The first kappa shape index (κ1) is 23.1. The lowest BCUT2D eigenvalue weighted by molar-refractivity contribution is -0.274. The van der Waals surface area contributed by atoms with Crippen molar-refractivity contribution in [3.8, 4) is 5.75 Å². The molecule has 1 fully saturated rings. The summed E-state index contributed by atoms with van der Waals surface area (Å²) in [6, 6.07) is 12.0. The van der Waals surface area contributed by atoms with Gasteiger partial charge in [-0.25, -0.2) is 0 Å². The Kier molecular flexibility index (Phi) is 7.53. The minimum absolute atomic E-state index is 0.254. The van der Waals surface area contributed by atoms with Crippen LogP contribution in [-0.4, -0.2) is 53.1 Å². The maximum absolute atomic E-state index is 13.1. The van der Waals surface area contributed by atoms with E-state index < -0.39 is 30.3 Å². The summed E-state index contributed by atoms with van der Waals surface area (Å²) in [5, 5.41) is 23.9. The molecule has 0 spiro atoms. The number of aliphatic hydroxyl groups is 2. The number of amides is 1. The normalized spacial score (nSPS) is 17.3. The van der Waals surface area contributed by atoms with Crippen LogP contribution in [0.2, 0.25) is 0 Å². The quantitative estimate of drug-likeness (QED) is 0.591. The van der Waals surface area contributed by atoms with Gasteiger partial charge in [-0.1, -0.05) is 42.5 Å². The van der Waals surface area contributed by atoms with Gasteiger partial charge < -0.3 is 19.8 Å². The number of likely N-dealkylation sites (tertiary alicyclic amines) is 1. The van der Waals surface area contributed by atoms with E-state index in [0.29, 0.717) is 13.1 Å². The van der Waals surface area contributed by atoms with Gasteiger partial charge in [-0.15, -0.1) is 13.2 Å². The number of carbonyl (C=O) groups is 1. The summed E-state index contributed by atoms with van der Waals surface area (Å²) in [6.45, 7) is 0.827. The molecule has 1 heterocycles. The standard InChI is InChI=1S/C22H25F3N2O4/c23-22(24,25)31-17-10-8-16(9-11-17)20(29)19(21(30)27-12-4-5-13-27)26-18(14-28)15-6-2-1-3-7-15/h1-3,6-11,18-20,26,28-29H,4-5,12-14H2/t18?,19-,20+/m0/s1. The summed E-state index contributed by atoms with van der Waals surface area (Å²) >= 11 is 0. The van der Waals surface area contributed by atoms with Gasteiger partial charge in [0.15, 0.2) is 0 Å². The summed E-state index contributed by atoms with van der Waals surface area (Å²) < 4.78 is 41.0. The van der Waals surface area contributed by atoms with Crippen LogP contribution in [0.15, 0.2) is 54.6 Å². The predicted octanol–water partition coefficient (Wildman–Crippen LogP) is 2.93. The molecular weight excluding hydrogens is 413 g/mol. The molecule has 1 aliphatic heterocycles. The molecule has 6 nitrogen and oxygen atoms in total. The predicted molar refractivity (Wildman–Crippen MR) is 107 cm³/mol. The molecule has 1 unspecified atom stereocenters. The molecule has 0 aliphatic carbocycles. The van der Waals surface area contributed by atoms with Crippen molar-refractivity contribution in [2.75, 3.05) is 19.7 Å². The van der Waals surface area contributed by atoms with Crippen molar-refractivity contribution in [2.45, 2.75) is 37.4 Å². The van der Waals surface area contributed by atoms with Gasteiger partial charge >= 0.3 is 6.36 Å². The van der Waals surface area contributed by atoms with E-state index >= 15 is 0 Å². The van der Waals surface area contributed by atoms with Crippen LogP contribution in [0.4, 0.5) is 13.2 Å². The first-order valence-corrected chi connectivity index (χ1v) is 10.0. The Balaban J connectivity index is 1.83. The Hall–Kier alpha value is -2.62. The van der Waals surface area contributed by atoms with E-state index in [1.54, 1.807) is 29.2 Å². The fourth-order valence-electron chi connectivity index (χ4n) is 3.65. The maximum Gasteiger partial charge on any atom is 0.573 e. The highest BCUT2D eigenvalue weighted by atomic mass is 19.4. The minimum atomic E-state index is -4.82. The molecule has 2 aromatic carbocycles. The minimum Gasteiger partial charge on any atom is -0.406 e. The molecule has 0 radical (unpaired) electrons. The van der Waals surface area contributed by atoms with E-state index in [1.165, 1.54) is 12.1 Å². The van der Waals surface area contributed by atoms with Gasteiger partial charge in [0.1, 0.15) is 17.9 Å². The lowest BCUT2D eigenvalue weighted by Gasteiger charge is -2.31. The van der Waals surface area contributed by atoms with Crippen LogP contribution in [0.5, 0.6) is 5.75 Å². The first-order chi connectivity index (χ1) is 14.8. The van der Waals surface area contributed by atoms with E-state index in [1.807, 2.05) is 6.07 Å². The SMILES string of the molecule is O=C([C@@H](NC(CO)c1ccccc1)[C@H](O)c1ccc(OC(F)(F)F)cc1)N1CCCC1. The van der Waals surface area contributed by atoms with Crippen LogP contribution >= 0.6 is 0 Å². The van der Waals surface area contributed by atoms with Crippen LogP contribution in [0, 0.1) is 0 Å². The number of aliphatic hydroxyl groups excluding tert-OH is 2. The van der Waals surface area contributed by atoms with Gasteiger partial charge in [0.25, 0.3) is 0 Å². The average molecular weight is 438 g/mol. The molecular formula is C22H25F3N2O4. The molecule has 31 heavy (non-hydrogen) atoms. The summed E-state index contributed by atoms with van der Waals surface area (Å²) in [5.41, 5.74) is 0.995. The Labute approximate surface area is 178 Å². The number of ether oxygens (including phenoxy) is 1. The Morgan fingerprint density at radius 2 is 1.65 bits per heavy atom. The number of hydrogen-bond acceptors (Lipinski definition) is 5. The molecule has 3 rings (SSSR count). The van der Waals surface area contributed by atoms with E-state index in [0.717, 1.165) is 30.5 Å². The molecule has 3 N–H and O–H groups in total. The Bertz CT molecular complexity index is 840. The number of rotatable bonds is 8. The Morgan fingerprint density at radius 3 is 2.19 bits per heavy atom. The molecule has 9 heteroatoms. The second-order valence-corrected chi connectivity index (χ2v) is 7.38. The summed E-state index contributed by atoms with van der Waals surface area (Å²) in [4.78, 5) is 14.8. The van der Waals surface area contributed by atoms with Gasteiger partial charge in [-0.05, 0) is 36.1 Å². The number of carbonyl (C=O) groups excluding carboxylic acids is 1. The summed E-state index contributed by atoms with van der Waals surface area (Å²) in [7, 11) is 0. The smallest absolute Gasteiger partial charge is 0.406 e. The van der Waals surface area contributed by atoms with Crippen molar-refractivity contribution in [3.63, 3.8) is 0 Å². The van der Waals surface area contributed by atoms with Gasteiger partial charge in [-0.3, -0.25) is 10.1 Å². The molecule has 168 valence electrons. The molecule has 1 aliphatic rings. The van der Waals surface area contributed by atoms with Crippen molar-refractivity contribution in [1.29, 1.82) is 0 Å². The number of hydrogen-bond donors (Lipinski definition) is 3. The highest BCUT2D eigenvalue weighted by Crippen LogP contribution is 2.27. The van der Waals surface area contributed by atoms with Crippen molar-refractivity contribution >= 4 is 5.91 Å². The van der Waals surface area contributed by atoms with Crippen molar-refractivity contribution in [2.24, 2.45) is 0 Å². The zero-order chi connectivity index (χ0) is 22.4. The van der Waals surface area contributed by atoms with E-state index in [4.69, 9.17) is 0 Å². The van der Waals surface area contributed by atoms with Gasteiger partial charge in [-0.2, -0.15) is 0 Å². The van der Waals surface area contributed by atoms with Crippen LogP contribution in [0.3, 0.4) is 0 Å². The largest absolute Gasteiger partial charge is 0.573 e. The third kappa shape index (κ3) is 6.19. The van der Waals surface area contributed by atoms with Gasteiger partial charge in [0.05, 0.1) is 12.6 Å². The third-order valence-electron chi connectivity index (χ3n) is 5.22. The van der Waals surface area contributed by atoms with Crippen molar-refractivity contribution < 1.29 is 32.9 Å². The molecule has 1 saturated heterocycles. The van der Waals surface area contributed by atoms with Crippen molar-refractivity contribution in [1.82, 2.24) is 10.2 Å². The molecule has 0 saturated carbocycles. The highest BCUT2D eigenvalue weighted by molar-refractivity contribution is 5.83. The van der Waals surface area contributed by atoms with E-state index in [2.05, 4.69) is 10.1 Å². The van der Waals surface area contributed by atoms with Crippen LogP contribution in [-0.2, 0) is 4.79 Å². The molecule has 1 amide bonds. The molecule has 3 atom stereocenters. The van der Waals surface area contributed by atoms with Crippen LogP contribution < -0.4 is 10.1 Å². The first-order valence-electron chi connectivity index (χ1n) is 10.0. The topological polar surface area (TPSA) is 82.0 Å². The Morgan fingerprint density at radius 1 is 1.03 bits per heavy atom. The maximum atomic E-state index is 13.1. The average Bonchev–Trinajstić information content (AvgIpc) is 3.29. The lowest BCUT2D eigenvalue weighted by Crippen LogP contribution is -2.50. The van der Waals surface area contributed by atoms with Crippen LogP contribution in [0.1, 0.15) is 36.1 Å². The molecule has 0 aromatic heterocycles. The molecule has 0 bridgehead atoms. The number of nitrogens with zero attached hydrogens (tertiary/aromatic N) is 1. The van der Waals surface area contributed by atoms with Crippen LogP contribution in [0.25, 0.3) is 0 Å².